The summed E-state index contributed by atoms with van der Waals surface area (Å²) in [6, 6.07) is 5.68. The summed E-state index contributed by atoms with van der Waals surface area (Å²) in [4.78, 5) is 13.6. The minimum atomic E-state index is -0.806. The van der Waals surface area contributed by atoms with Crippen molar-refractivity contribution < 1.29 is 19.4 Å². The van der Waals surface area contributed by atoms with Gasteiger partial charge in [0.2, 0.25) is 0 Å². The summed E-state index contributed by atoms with van der Waals surface area (Å²) < 4.78 is 11.5. The van der Waals surface area contributed by atoms with Gasteiger partial charge in [0.15, 0.2) is 11.5 Å². The van der Waals surface area contributed by atoms with Gasteiger partial charge >= 0.3 is 5.97 Å². The van der Waals surface area contributed by atoms with Crippen LogP contribution >= 0.6 is 0 Å². The van der Waals surface area contributed by atoms with E-state index < -0.39 is 11.4 Å². The van der Waals surface area contributed by atoms with Gasteiger partial charge in [0, 0.05) is 13.1 Å². The van der Waals surface area contributed by atoms with E-state index in [9.17, 15) is 9.90 Å². The number of carboxylic acids is 1. The summed E-state index contributed by atoms with van der Waals surface area (Å²) in [5.74, 6) is 0.604. The molecule has 0 radical (unpaired) electrons. The van der Waals surface area contributed by atoms with Gasteiger partial charge in [0.1, 0.15) is 6.10 Å². The molecular weight excluding hydrogens is 294 g/mol. The lowest BCUT2D eigenvalue weighted by Crippen LogP contribution is -2.35. The normalized spacial score (nSPS) is 17.0. The van der Waals surface area contributed by atoms with Crippen molar-refractivity contribution in [1.29, 1.82) is 0 Å². The van der Waals surface area contributed by atoms with Crippen molar-refractivity contribution in [2.75, 3.05) is 27.2 Å². The molecule has 23 heavy (non-hydrogen) atoms. The third-order valence-corrected chi connectivity index (χ3v) is 4.41. The standard InChI is InChI=1S/C18H27NO4/c1-18(2,17(20)21)12-13-5-6-15(22-4)16(11-13)23-14-7-9-19(3)10-8-14/h5-6,11,14H,7-10,12H2,1-4H3,(H,20,21). The SMILES string of the molecule is COc1ccc(CC(C)(C)C(=O)O)cc1OC1CCN(C)CC1. The predicted octanol–water partition coefficient (Wildman–Crippen LogP) is 2.82. The van der Waals surface area contributed by atoms with Gasteiger partial charge in [-0.3, -0.25) is 4.79 Å². The van der Waals surface area contributed by atoms with Crippen LogP contribution in [0.15, 0.2) is 18.2 Å². The van der Waals surface area contributed by atoms with E-state index in [0.29, 0.717) is 17.9 Å². The summed E-state index contributed by atoms with van der Waals surface area (Å²) >= 11 is 0. The van der Waals surface area contributed by atoms with E-state index in [2.05, 4.69) is 11.9 Å². The number of nitrogens with zero attached hydrogens (tertiary/aromatic N) is 1. The largest absolute Gasteiger partial charge is 0.493 e. The van der Waals surface area contributed by atoms with Crippen LogP contribution in [0.2, 0.25) is 0 Å². The number of benzene rings is 1. The van der Waals surface area contributed by atoms with Gasteiger partial charge in [-0.1, -0.05) is 6.07 Å². The average molecular weight is 321 g/mol. The molecule has 2 rings (SSSR count). The zero-order valence-electron chi connectivity index (χ0n) is 14.5. The molecular formula is C18H27NO4. The van der Waals surface area contributed by atoms with E-state index in [1.807, 2.05) is 18.2 Å². The van der Waals surface area contributed by atoms with E-state index >= 15 is 0 Å². The van der Waals surface area contributed by atoms with Crippen molar-refractivity contribution in [3.8, 4) is 11.5 Å². The van der Waals surface area contributed by atoms with Crippen LogP contribution in [0.4, 0.5) is 0 Å². The Bertz CT molecular complexity index is 548. The van der Waals surface area contributed by atoms with Crippen molar-refractivity contribution >= 4 is 5.97 Å². The third-order valence-electron chi connectivity index (χ3n) is 4.41. The maximum atomic E-state index is 11.3. The summed E-state index contributed by atoms with van der Waals surface area (Å²) in [7, 11) is 3.74. The highest BCUT2D eigenvalue weighted by Crippen LogP contribution is 2.33. The highest BCUT2D eigenvalue weighted by atomic mass is 16.5. The van der Waals surface area contributed by atoms with Gasteiger partial charge in [-0.25, -0.2) is 0 Å². The molecule has 0 aromatic heterocycles. The average Bonchev–Trinajstić information content (AvgIpc) is 2.49. The lowest BCUT2D eigenvalue weighted by Gasteiger charge is -2.30. The van der Waals surface area contributed by atoms with Gasteiger partial charge in [0.25, 0.3) is 0 Å². The molecule has 0 aliphatic carbocycles. The quantitative estimate of drug-likeness (QED) is 0.873. The fourth-order valence-electron chi connectivity index (χ4n) is 2.79. The summed E-state index contributed by atoms with van der Waals surface area (Å²) in [6.45, 7) is 5.52. The molecule has 0 atom stereocenters. The number of ether oxygens (including phenoxy) is 2. The summed E-state index contributed by atoms with van der Waals surface area (Å²) in [6.07, 6.45) is 2.62. The number of piperidine rings is 1. The van der Waals surface area contributed by atoms with Crippen LogP contribution in [0.1, 0.15) is 32.3 Å². The molecule has 1 aromatic rings. The molecule has 0 saturated carbocycles. The molecule has 1 aliphatic rings. The first-order valence-corrected chi connectivity index (χ1v) is 8.07. The minimum absolute atomic E-state index is 0.183. The van der Waals surface area contributed by atoms with Gasteiger partial charge < -0.3 is 19.5 Å². The molecule has 0 spiro atoms. The fraction of sp³-hybridized carbons (Fsp3) is 0.611. The third kappa shape index (κ3) is 4.61. The maximum Gasteiger partial charge on any atom is 0.309 e. The molecule has 1 fully saturated rings. The van der Waals surface area contributed by atoms with Gasteiger partial charge in [-0.2, -0.15) is 0 Å². The zero-order chi connectivity index (χ0) is 17.0. The Morgan fingerprint density at radius 2 is 1.96 bits per heavy atom. The van der Waals surface area contributed by atoms with Crippen LogP contribution in [-0.2, 0) is 11.2 Å². The van der Waals surface area contributed by atoms with E-state index in [1.165, 1.54) is 0 Å². The van der Waals surface area contributed by atoms with Gasteiger partial charge in [-0.05, 0) is 57.9 Å². The number of aliphatic carboxylic acids is 1. The number of methoxy groups -OCH3 is 1. The minimum Gasteiger partial charge on any atom is -0.493 e. The molecule has 1 aromatic carbocycles. The highest BCUT2D eigenvalue weighted by molar-refractivity contribution is 5.74. The second-order valence-electron chi connectivity index (χ2n) is 6.97. The van der Waals surface area contributed by atoms with E-state index in [0.717, 1.165) is 31.5 Å². The summed E-state index contributed by atoms with van der Waals surface area (Å²) in [5, 5.41) is 9.30. The zero-order valence-corrected chi connectivity index (χ0v) is 14.5. The van der Waals surface area contributed by atoms with Crippen molar-refractivity contribution in [3.05, 3.63) is 23.8 Å². The molecule has 1 aliphatic heterocycles. The first kappa shape index (κ1) is 17.6. The number of rotatable bonds is 6. The van der Waals surface area contributed by atoms with E-state index in [1.54, 1.807) is 21.0 Å². The van der Waals surface area contributed by atoms with Gasteiger partial charge in [-0.15, -0.1) is 0 Å². The molecule has 1 saturated heterocycles. The van der Waals surface area contributed by atoms with Gasteiger partial charge in [0.05, 0.1) is 12.5 Å². The van der Waals surface area contributed by atoms with Crippen molar-refractivity contribution in [2.24, 2.45) is 5.41 Å². The Labute approximate surface area is 138 Å². The van der Waals surface area contributed by atoms with Crippen LogP contribution < -0.4 is 9.47 Å². The van der Waals surface area contributed by atoms with Crippen LogP contribution in [0.25, 0.3) is 0 Å². The number of carbonyl (C=O) groups is 1. The number of hydrogen-bond acceptors (Lipinski definition) is 4. The first-order valence-electron chi connectivity index (χ1n) is 8.07. The number of hydrogen-bond donors (Lipinski definition) is 1. The Kier molecular flexibility index (Phi) is 5.52. The lowest BCUT2D eigenvalue weighted by atomic mass is 9.86. The second-order valence-corrected chi connectivity index (χ2v) is 6.97. The highest BCUT2D eigenvalue weighted by Gasteiger charge is 2.28. The Balaban J connectivity index is 2.14. The lowest BCUT2D eigenvalue weighted by molar-refractivity contribution is -0.146. The molecule has 1 heterocycles. The van der Waals surface area contributed by atoms with Crippen molar-refractivity contribution in [2.45, 2.75) is 39.2 Å². The molecule has 5 nitrogen and oxygen atoms in total. The molecule has 0 bridgehead atoms. The molecule has 1 N–H and O–H groups in total. The monoisotopic (exact) mass is 321 g/mol. The molecule has 5 heteroatoms. The number of likely N-dealkylation sites (tertiary alicyclic amines) is 1. The van der Waals surface area contributed by atoms with E-state index in [-0.39, 0.29) is 6.10 Å². The number of carboxylic acid groups (broad SMARTS) is 1. The Morgan fingerprint density at radius 3 is 2.52 bits per heavy atom. The van der Waals surface area contributed by atoms with Crippen LogP contribution in [-0.4, -0.2) is 49.3 Å². The Hall–Kier alpha value is -1.75. The predicted molar refractivity (Wildman–Crippen MR) is 89.3 cm³/mol. The maximum absolute atomic E-state index is 11.3. The topological polar surface area (TPSA) is 59.0 Å². The molecule has 0 amide bonds. The smallest absolute Gasteiger partial charge is 0.309 e. The fourth-order valence-corrected chi connectivity index (χ4v) is 2.79. The summed E-state index contributed by atoms with van der Waals surface area (Å²) in [5.41, 5.74) is 0.139. The second kappa shape index (κ2) is 7.21. The first-order chi connectivity index (χ1) is 10.8. The van der Waals surface area contributed by atoms with Crippen molar-refractivity contribution in [3.63, 3.8) is 0 Å². The van der Waals surface area contributed by atoms with Crippen LogP contribution in [0, 0.1) is 5.41 Å². The van der Waals surface area contributed by atoms with Crippen molar-refractivity contribution in [1.82, 2.24) is 4.90 Å². The molecule has 128 valence electrons. The Morgan fingerprint density at radius 1 is 1.30 bits per heavy atom. The molecule has 0 unspecified atom stereocenters. The van der Waals surface area contributed by atoms with Crippen LogP contribution in [0.5, 0.6) is 11.5 Å². The van der Waals surface area contributed by atoms with E-state index in [4.69, 9.17) is 9.47 Å². The van der Waals surface area contributed by atoms with Crippen LogP contribution in [0.3, 0.4) is 0 Å².